The minimum Gasteiger partial charge on any atom is -0.463 e. The predicted octanol–water partition coefficient (Wildman–Crippen LogP) is 1.46. The van der Waals surface area contributed by atoms with Crippen LogP contribution in [0, 0.1) is 6.92 Å². The predicted molar refractivity (Wildman–Crippen MR) is 49.5 cm³/mol. The standard InChI is InChI=1S/C10H10N2O2/c1-7-2-3-9(14-7)10(13)8-4-11-6-12-5-8/h2-6,10,13H,1H3. The highest BCUT2D eigenvalue weighted by molar-refractivity contribution is 5.19. The van der Waals surface area contributed by atoms with E-state index in [2.05, 4.69) is 9.97 Å². The fourth-order valence-electron chi connectivity index (χ4n) is 1.22. The van der Waals surface area contributed by atoms with Crippen LogP contribution < -0.4 is 0 Å². The zero-order valence-electron chi connectivity index (χ0n) is 7.71. The maximum atomic E-state index is 9.83. The molecule has 1 atom stereocenters. The largest absolute Gasteiger partial charge is 0.463 e. The molecule has 2 heterocycles. The van der Waals surface area contributed by atoms with Crippen molar-refractivity contribution in [3.63, 3.8) is 0 Å². The molecular weight excluding hydrogens is 180 g/mol. The van der Waals surface area contributed by atoms with Crippen molar-refractivity contribution in [3.8, 4) is 0 Å². The molecule has 2 aromatic heterocycles. The molecule has 0 saturated heterocycles. The summed E-state index contributed by atoms with van der Waals surface area (Å²) >= 11 is 0. The van der Waals surface area contributed by atoms with E-state index < -0.39 is 6.10 Å². The summed E-state index contributed by atoms with van der Waals surface area (Å²) in [6.07, 6.45) is 3.76. The lowest BCUT2D eigenvalue weighted by Crippen LogP contribution is -1.98. The number of hydrogen-bond donors (Lipinski definition) is 1. The van der Waals surface area contributed by atoms with Crippen LogP contribution in [-0.4, -0.2) is 15.1 Å². The minimum absolute atomic E-state index is 0.511. The second-order valence-electron chi connectivity index (χ2n) is 3.02. The third-order valence-corrected chi connectivity index (χ3v) is 1.93. The van der Waals surface area contributed by atoms with Gasteiger partial charge in [0.25, 0.3) is 0 Å². The second kappa shape index (κ2) is 3.59. The molecule has 4 heteroatoms. The van der Waals surface area contributed by atoms with Crippen LogP contribution >= 0.6 is 0 Å². The minimum atomic E-state index is -0.787. The number of furan rings is 1. The molecule has 0 aliphatic carbocycles. The van der Waals surface area contributed by atoms with E-state index in [1.807, 2.05) is 13.0 Å². The van der Waals surface area contributed by atoms with E-state index in [1.165, 1.54) is 6.33 Å². The fraction of sp³-hybridized carbons (Fsp3) is 0.200. The van der Waals surface area contributed by atoms with Gasteiger partial charge in [-0.05, 0) is 19.1 Å². The lowest BCUT2D eigenvalue weighted by Gasteiger charge is -2.05. The number of aliphatic hydroxyl groups is 1. The topological polar surface area (TPSA) is 59.2 Å². The molecule has 14 heavy (non-hydrogen) atoms. The Bertz CT molecular complexity index is 411. The molecule has 0 spiro atoms. The SMILES string of the molecule is Cc1ccc(C(O)c2cncnc2)o1. The van der Waals surface area contributed by atoms with Crippen LogP contribution in [0.15, 0.2) is 35.3 Å². The first-order valence-corrected chi connectivity index (χ1v) is 4.26. The zero-order chi connectivity index (χ0) is 9.97. The summed E-state index contributed by atoms with van der Waals surface area (Å²) in [4.78, 5) is 7.65. The van der Waals surface area contributed by atoms with Crippen LogP contribution in [0.2, 0.25) is 0 Å². The summed E-state index contributed by atoms with van der Waals surface area (Å²) in [6, 6.07) is 3.55. The lowest BCUT2D eigenvalue weighted by atomic mass is 10.1. The number of hydrogen-bond acceptors (Lipinski definition) is 4. The third-order valence-electron chi connectivity index (χ3n) is 1.93. The smallest absolute Gasteiger partial charge is 0.140 e. The first kappa shape index (κ1) is 8.90. The average Bonchev–Trinajstić information content (AvgIpc) is 2.65. The summed E-state index contributed by atoms with van der Waals surface area (Å²) in [6.45, 7) is 1.83. The Hall–Kier alpha value is -1.68. The number of aryl methyl sites for hydroxylation is 1. The second-order valence-corrected chi connectivity index (χ2v) is 3.02. The number of rotatable bonds is 2. The summed E-state index contributed by atoms with van der Waals surface area (Å²) in [7, 11) is 0. The molecular formula is C10H10N2O2. The highest BCUT2D eigenvalue weighted by Crippen LogP contribution is 2.21. The van der Waals surface area contributed by atoms with Crippen LogP contribution in [0.4, 0.5) is 0 Å². The van der Waals surface area contributed by atoms with Crippen LogP contribution in [0.25, 0.3) is 0 Å². The summed E-state index contributed by atoms with van der Waals surface area (Å²) < 4.78 is 5.29. The Morgan fingerprint density at radius 2 is 2.00 bits per heavy atom. The molecule has 0 aliphatic rings. The average molecular weight is 190 g/mol. The number of aliphatic hydroxyl groups excluding tert-OH is 1. The van der Waals surface area contributed by atoms with Crippen molar-refractivity contribution in [3.05, 3.63) is 47.9 Å². The van der Waals surface area contributed by atoms with Gasteiger partial charge in [-0.3, -0.25) is 0 Å². The van der Waals surface area contributed by atoms with Gasteiger partial charge in [-0.2, -0.15) is 0 Å². The molecule has 0 amide bonds. The zero-order valence-corrected chi connectivity index (χ0v) is 7.71. The van der Waals surface area contributed by atoms with E-state index in [4.69, 9.17) is 4.42 Å². The third kappa shape index (κ3) is 1.65. The van der Waals surface area contributed by atoms with Gasteiger partial charge in [-0.25, -0.2) is 9.97 Å². The Morgan fingerprint density at radius 1 is 1.29 bits per heavy atom. The molecule has 2 rings (SSSR count). The van der Waals surface area contributed by atoms with E-state index >= 15 is 0 Å². The normalized spacial score (nSPS) is 12.7. The molecule has 0 saturated carbocycles. The van der Waals surface area contributed by atoms with Crippen LogP contribution in [0.5, 0.6) is 0 Å². The molecule has 0 aliphatic heterocycles. The Labute approximate surface area is 81.2 Å². The van der Waals surface area contributed by atoms with Gasteiger partial charge in [0.05, 0.1) is 0 Å². The van der Waals surface area contributed by atoms with Gasteiger partial charge in [0.1, 0.15) is 24.0 Å². The van der Waals surface area contributed by atoms with Gasteiger partial charge in [0, 0.05) is 18.0 Å². The van der Waals surface area contributed by atoms with E-state index in [9.17, 15) is 5.11 Å². The van der Waals surface area contributed by atoms with Crippen LogP contribution in [0.3, 0.4) is 0 Å². The number of nitrogens with zero attached hydrogens (tertiary/aromatic N) is 2. The van der Waals surface area contributed by atoms with Crippen molar-refractivity contribution < 1.29 is 9.52 Å². The highest BCUT2D eigenvalue weighted by atomic mass is 16.4. The van der Waals surface area contributed by atoms with E-state index in [-0.39, 0.29) is 0 Å². The Morgan fingerprint density at radius 3 is 2.57 bits per heavy atom. The molecule has 0 fully saturated rings. The monoisotopic (exact) mass is 190 g/mol. The van der Waals surface area contributed by atoms with Gasteiger partial charge in [-0.15, -0.1) is 0 Å². The van der Waals surface area contributed by atoms with Crippen molar-refractivity contribution in [2.75, 3.05) is 0 Å². The molecule has 72 valence electrons. The molecule has 0 aromatic carbocycles. The summed E-state index contributed by atoms with van der Waals surface area (Å²) in [5.41, 5.74) is 0.627. The summed E-state index contributed by atoms with van der Waals surface area (Å²) in [5.74, 6) is 1.29. The van der Waals surface area contributed by atoms with Crippen molar-refractivity contribution in [1.29, 1.82) is 0 Å². The molecule has 1 unspecified atom stereocenters. The van der Waals surface area contributed by atoms with Gasteiger partial charge in [-0.1, -0.05) is 0 Å². The van der Waals surface area contributed by atoms with Crippen molar-refractivity contribution in [1.82, 2.24) is 9.97 Å². The van der Waals surface area contributed by atoms with Crippen LogP contribution in [0.1, 0.15) is 23.2 Å². The van der Waals surface area contributed by atoms with Crippen LogP contribution in [-0.2, 0) is 0 Å². The van der Waals surface area contributed by atoms with Crippen molar-refractivity contribution in [2.45, 2.75) is 13.0 Å². The van der Waals surface area contributed by atoms with Crippen molar-refractivity contribution in [2.24, 2.45) is 0 Å². The van der Waals surface area contributed by atoms with E-state index in [1.54, 1.807) is 18.5 Å². The van der Waals surface area contributed by atoms with Crippen molar-refractivity contribution >= 4 is 0 Å². The Balaban J connectivity index is 2.29. The Kier molecular flexibility index (Phi) is 2.28. The molecule has 0 radical (unpaired) electrons. The van der Waals surface area contributed by atoms with E-state index in [0.29, 0.717) is 11.3 Å². The maximum absolute atomic E-state index is 9.83. The molecule has 0 bridgehead atoms. The first-order valence-electron chi connectivity index (χ1n) is 4.26. The number of aromatic nitrogens is 2. The summed E-state index contributed by atoms with van der Waals surface area (Å²) in [5, 5.41) is 9.83. The molecule has 1 N–H and O–H groups in total. The fourth-order valence-corrected chi connectivity index (χ4v) is 1.22. The highest BCUT2D eigenvalue weighted by Gasteiger charge is 2.13. The molecule has 4 nitrogen and oxygen atoms in total. The maximum Gasteiger partial charge on any atom is 0.140 e. The molecule has 2 aromatic rings. The first-order chi connectivity index (χ1) is 6.77. The quantitative estimate of drug-likeness (QED) is 0.778. The van der Waals surface area contributed by atoms with Gasteiger partial charge >= 0.3 is 0 Å². The van der Waals surface area contributed by atoms with E-state index in [0.717, 1.165) is 5.76 Å². The van der Waals surface area contributed by atoms with Gasteiger partial charge in [0.2, 0.25) is 0 Å². The van der Waals surface area contributed by atoms with Gasteiger partial charge in [0.15, 0.2) is 0 Å². The van der Waals surface area contributed by atoms with Gasteiger partial charge < -0.3 is 9.52 Å². The lowest BCUT2D eigenvalue weighted by molar-refractivity contribution is 0.187.